The lowest BCUT2D eigenvalue weighted by Crippen LogP contribution is -2.55. The van der Waals surface area contributed by atoms with Crippen molar-refractivity contribution in [1.29, 1.82) is 5.26 Å². The highest BCUT2D eigenvalue weighted by Gasteiger charge is 2.55. The summed E-state index contributed by atoms with van der Waals surface area (Å²) in [7, 11) is 0. The van der Waals surface area contributed by atoms with Crippen LogP contribution >= 0.6 is 11.6 Å². The van der Waals surface area contributed by atoms with Crippen molar-refractivity contribution >= 4 is 17.4 Å². The second kappa shape index (κ2) is 7.24. The van der Waals surface area contributed by atoms with E-state index in [4.69, 9.17) is 21.3 Å². The lowest BCUT2D eigenvalue weighted by Gasteiger charge is -2.58. The molecule has 2 unspecified atom stereocenters. The average molecular weight is 402 g/mol. The van der Waals surface area contributed by atoms with Gasteiger partial charge in [0, 0.05) is 11.6 Å². The fourth-order valence-electron chi connectivity index (χ4n) is 5.96. The van der Waals surface area contributed by atoms with E-state index in [1.54, 1.807) is 12.1 Å². The number of aliphatic imine (C=N–C) groups is 1. The van der Waals surface area contributed by atoms with Gasteiger partial charge in [0.15, 0.2) is 17.6 Å². The first kappa shape index (κ1) is 19.5. The first-order chi connectivity index (χ1) is 13.3. The normalized spacial score (nSPS) is 34.2. The van der Waals surface area contributed by atoms with Gasteiger partial charge in [0.05, 0.1) is 6.04 Å². The Morgan fingerprint density at radius 1 is 1.29 bits per heavy atom. The fourth-order valence-corrected chi connectivity index (χ4v) is 6.08. The molecule has 4 bridgehead atoms. The highest BCUT2D eigenvalue weighted by molar-refractivity contribution is 6.30. The number of hydrogen-bond acceptors (Lipinski definition) is 4. The molecule has 0 aliphatic heterocycles. The number of ether oxygens (including phenoxy) is 1. The smallest absolute Gasteiger partial charge is 0.182 e. The largest absolute Gasteiger partial charge is 0.480 e. The minimum atomic E-state index is -0.771. The molecule has 6 heteroatoms. The van der Waals surface area contributed by atoms with Crippen molar-refractivity contribution in [2.75, 3.05) is 6.61 Å². The Morgan fingerprint density at radius 3 is 2.50 bits per heavy atom. The Hall–Kier alpha value is -1.77. The van der Waals surface area contributed by atoms with Crippen molar-refractivity contribution in [3.63, 3.8) is 0 Å². The lowest BCUT2D eigenvalue weighted by atomic mass is 9.48. The number of halogens is 1. The van der Waals surface area contributed by atoms with E-state index in [0.29, 0.717) is 35.1 Å². The van der Waals surface area contributed by atoms with E-state index in [1.807, 2.05) is 32.2 Å². The molecular weight excluding hydrogens is 374 g/mol. The third-order valence-electron chi connectivity index (χ3n) is 6.90. The van der Waals surface area contributed by atoms with E-state index < -0.39 is 5.60 Å². The molecule has 4 aliphatic rings. The molecule has 28 heavy (non-hydrogen) atoms. The van der Waals surface area contributed by atoms with Crippen LogP contribution in [0.2, 0.25) is 5.02 Å². The molecule has 1 aromatic carbocycles. The van der Waals surface area contributed by atoms with E-state index in [0.717, 1.165) is 18.8 Å². The topological polar surface area (TPSA) is 77.6 Å². The molecule has 5 nitrogen and oxygen atoms in total. The van der Waals surface area contributed by atoms with Gasteiger partial charge in [-0.15, -0.1) is 0 Å². The van der Waals surface area contributed by atoms with Gasteiger partial charge in [0.2, 0.25) is 0 Å². The van der Waals surface area contributed by atoms with Crippen molar-refractivity contribution in [1.82, 2.24) is 5.32 Å². The Bertz CT molecular complexity index is 783. The standard InChI is InChI=1S/C22H28ClN3O2/c1-21(2,28-18-5-3-17(23)4-6-18)20(25-13-24)26-19-15-7-14-8-16(19)11-22(9-14,10-15)12-27/h3-6,14-16,19,27H,7-12H2,1-2H3,(H,25,26). The maximum atomic E-state index is 9.98. The summed E-state index contributed by atoms with van der Waals surface area (Å²) in [4.78, 5) is 5.07. The minimum Gasteiger partial charge on any atom is -0.480 e. The maximum absolute atomic E-state index is 9.98. The molecular formula is C22H28ClN3O2. The molecule has 0 heterocycles. The number of rotatable bonds is 5. The zero-order chi connectivity index (χ0) is 19.9. The van der Waals surface area contributed by atoms with Crippen LogP contribution < -0.4 is 10.1 Å². The monoisotopic (exact) mass is 401 g/mol. The molecule has 4 aliphatic carbocycles. The number of nitrogens with one attached hydrogen (secondary N) is 1. The van der Waals surface area contributed by atoms with E-state index in [2.05, 4.69) is 5.32 Å². The van der Waals surface area contributed by atoms with Crippen molar-refractivity contribution in [3.8, 4) is 11.9 Å². The van der Waals surface area contributed by atoms with Crippen molar-refractivity contribution in [2.45, 2.75) is 57.6 Å². The Balaban J connectivity index is 1.58. The molecule has 5 rings (SSSR count). The zero-order valence-corrected chi connectivity index (χ0v) is 17.2. The van der Waals surface area contributed by atoms with Crippen LogP contribution in [0.3, 0.4) is 0 Å². The zero-order valence-electron chi connectivity index (χ0n) is 16.5. The van der Waals surface area contributed by atoms with Crippen molar-refractivity contribution in [3.05, 3.63) is 29.3 Å². The Kier molecular flexibility index (Phi) is 5.05. The van der Waals surface area contributed by atoms with Crippen LogP contribution in [0.15, 0.2) is 29.3 Å². The number of nitriles is 1. The summed E-state index contributed by atoms with van der Waals surface area (Å²) in [6.07, 6.45) is 7.67. The van der Waals surface area contributed by atoms with Crippen LogP contribution in [0.25, 0.3) is 0 Å². The molecule has 2 atom stereocenters. The number of hydrogen-bond donors (Lipinski definition) is 2. The van der Waals surface area contributed by atoms with Crippen LogP contribution in [0.1, 0.15) is 46.0 Å². The van der Waals surface area contributed by atoms with Crippen LogP contribution in [-0.4, -0.2) is 29.2 Å². The second-order valence-electron chi connectivity index (χ2n) is 9.40. The fraction of sp³-hybridized carbons (Fsp3) is 0.636. The molecule has 4 saturated carbocycles. The van der Waals surface area contributed by atoms with Gasteiger partial charge in [0.25, 0.3) is 0 Å². The SMILES string of the molecule is CC(C)(Oc1ccc(Cl)cc1)C(=NC1C2CC3CC1CC(CO)(C3)C2)NC#N. The van der Waals surface area contributed by atoms with E-state index in [-0.39, 0.29) is 11.5 Å². The second-order valence-corrected chi connectivity index (χ2v) is 9.84. The van der Waals surface area contributed by atoms with Crippen molar-refractivity contribution < 1.29 is 9.84 Å². The molecule has 2 N–H and O–H groups in total. The highest BCUT2D eigenvalue weighted by Crippen LogP contribution is 2.60. The number of amidine groups is 1. The minimum absolute atomic E-state index is 0.112. The van der Waals surface area contributed by atoms with Crippen LogP contribution in [0.4, 0.5) is 0 Å². The van der Waals surface area contributed by atoms with Gasteiger partial charge in [-0.3, -0.25) is 10.3 Å². The molecule has 0 amide bonds. The van der Waals surface area contributed by atoms with Crippen LogP contribution in [0.5, 0.6) is 5.75 Å². The van der Waals surface area contributed by atoms with Gasteiger partial charge in [-0.25, -0.2) is 0 Å². The number of nitrogens with zero attached hydrogens (tertiary/aromatic N) is 2. The lowest BCUT2D eigenvalue weighted by molar-refractivity contribution is -0.0908. The van der Waals surface area contributed by atoms with Crippen LogP contribution in [0, 0.1) is 34.6 Å². The van der Waals surface area contributed by atoms with Gasteiger partial charge in [-0.2, -0.15) is 5.26 Å². The van der Waals surface area contributed by atoms with Gasteiger partial charge in [-0.1, -0.05) is 11.6 Å². The van der Waals surface area contributed by atoms with E-state index in [1.165, 1.54) is 19.3 Å². The van der Waals surface area contributed by atoms with Gasteiger partial charge < -0.3 is 9.84 Å². The third kappa shape index (κ3) is 3.60. The van der Waals surface area contributed by atoms with Gasteiger partial charge in [0.1, 0.15) is 5.75 Å². The predicted molar refractivity (Wildman–Crippen MR) is 109 cm³/mol. The molecule has 0 spiro atoms. The summed E-state index contributed by atoms with van der Waals surface area (Å²) in [5, 5.41) is 22.7. The summed E-state index contributed by atoms with van der Waals surface area (Å²) in [5.41, 5.74) is -0.659. The van der Waals surface area contributed by atoms with E-state index >= 15 is 0 Å². The number of aliphatic hydroxyl groups excluding tert-OH is 1. The average Bonchev–Trinajstić information content (AvgIpc) is 2.65. The summed E-state index contributed by atoms with van der Waals surface area (Å²) < 4.78 is 6.16. The number of benzene rings is 1. The molecule has 0 aromatic heterocycles. The summed E-state index contributed by atoms with van der Waals surface area (Å²) in [5.74, 6) is 2.95. The number of aliphatic hydroxyl groups is 1. The Morgan fingerprint density at radius 2 is 1.93 bits per heavy atom. The van der Waals surface area contributed by atoms with E-state index in [9.17, 15) is 10.4 Å². The van der Waals surface area contributed by atoms with Crippen LogP contribution in [-0.2, 0) is 0 Å². The quantitative estimate of drug-likeness (QED) is 0.336. The molecule has 4 fully saturated rings. The van der Waals surface area contributed by atoms with Gasteiger partial charge in [-0.05, 0) is 93.4 Å². The summed E-state index contributed by atoms with van der Waals surface area (Å²) in [6, 6.07) is 7.41. The molecule has 0 saturated heterocycles. The summed E-state index contributed by atoms with van der Waals surface area (Å²) in [6.45, 7) is 4.15. The first-order valence-corrected chi connectivity index (χ1v) is 10.5. The first-order valence-electron chi connectivity index (χ1n) is 10.1. The maximum Gasteiger partial charge on any atom is 0.182 e. The van der Waals surface area contributed by atoms with Gasteiger partial charge >= 0.3 is 0 Å². The van der Waals surface area contributed by atoms with Crippen molar-refractivity contribution in [2.24, 2.45) is 28.2 Å². The predicted octanol–water partition coefficient (Wildman–Crippen LogP) is 4.15. The highest BCUT2D eigenvalue weighted by atomic mass is 35.5. The Labute approximate surface area is 171 Å². The third-order valence-corrected chi connectivity index (χ3v) is 7.15. The summed E-state index contributed by atoms with van der Waals surface area (Å²) >= 11 is 5.96. The molecule has 150 valence electrons. The molecule has 0 radical (unpaired) electrons. The molecule has 1 aromatic rings.